The molecule has 2 fully saturated rings. The van der Waals surface area contributed by atoms with Gasteiger partial charge in [-0.15, -0.1) is 0 Å². The summed E-state index contributed by atoms with van der Waals surface area (Å²) in [5, 5.41) is 13.9. The van der Waals surface area contributed by atoms with Gasteiger partial charge in [0.05, 0.1) is 17.3 Å². The molecule has 0 amide bonds. The zero-order valence-electron chi connectivity index (χ0n) is 11.3. The Morgan fingerprint density at radius 1 is 1.20 bits per heavy atom. The van der Waals surface area contributed by atoms with Gasteiger partial charge in [0, 0.05) is 31.1 Å². The number of hydrogen-bond donors (Lipinski definition) is 1. The van der Waals surface area contributed by atoms with Gasteiger partial charge in [-0.05, 0) is 37.7 Å². The zero-order valence-corrected chi connectivity index (χ0v) is 11.3. The third kappa shape index (κ3) is 2.02. The highest BCUT2D eigenvalue weighted by Gasteiger charge is 2.34. The quantitative estimate of drug-likeness (QED) is 0.924. The summed E-state index contributed by atoms with van der Waals surface area (Å²) in [6, 6.07) is 2.27. The van der Waals surface area contributed by atoms with E-state index in [-0.39, 0.29) is 0 Å². The van der Waals surface area contributed by atoms with Crippen molar-refractivity contribution in [2.75, 3.05) is 6.61 Å². The molecule has 1 N–H and O–H groups in total. The Bertz CT molecular complexity index is 600. The van der Waals surface area contributed by atoms with Gasteiger partial charge in [0.1, 0.15) is 0 Å². The van der Waals surface area contributed by atoms with Crippen molar-refractivity contribution in [1.82, 2.24) is 19.7 Å². The van der Waals surface area contributed by atoms with E-state index in [1.165, 1.54) is 12.8 Å². The SMILES string of the molecule is OCC1CC(n2cc(-c3ncccn3)c(C3CC3)n2)C1. The molecule has 5 heteroatoms. The maximum Gasteiger partial charge on any atom is 0.162 e. The second-order valence-corrected chi connectivity index (χ2v) is 5.93. The van der Waals surface area contributed by atoms with Gasteiger partial charge in [-0.25, -0.2) is 9.97 Å². The predicted octanol–water partition coefficient (Wildman–Crippen LogP) is 2.16. The highest BCUT2D eigenvalue weighted by atomic mass is 16.3. The van der Waals surface area contributed by atoms with E-state index in [1.807, 2.05) is 6.07 Å². The van der Waals surface area contributed by atoms with Gasteiger partial charge in [0.2, 0.25) is 0 Å². The number of hydrogen-bond acceptors (Lipinski definition) is 4. The Hall–Kier alpha value is -1.75. The molecule has 2 aliphatic carbocycles. The molecule has 0 aliphatic heterocycles. The third-order valence-corrected chi connectivity index (χ3v) is 4.37. The van der Waals surface area contributed by atoms with Crippen LogP contribution in [0.3, 0.4) is 0 Å². The van der Waals surface area contributed by atoms with Crippen molar-refractivity contribution in [2.24, 2.45) is 5.92 Å². The largest absolute Gasteiger partial charge is 0.396 e. The Kier molecular flexibility index (Phi) is 2.80. The van der Waals surface area contributed by atoms with Gasteiger partial charge in [0.25, 0.3) is 0 Å². The van der Waals surface area contributed by atoms with E-state index < -0.39 is 0 Å². The lowest BCUT2D eigenvalue weighted by Gasteiger charge is -2.34. The Balaban J connectivity index is 1.66. The van der Waals surface area contributed by atoms with Crippen LogP contribution >= 0.6 is 0 Å². The van der Waals surface area contributed by atoms with Gasteiger partial charge in [-0.2, -0.15) is 5.10 Å². The molecule has 0 saturated heterocycles. The van der Waals surface area contributed by atoms with E-state index in [2.05, 4.69) is 20.8 Å². The van der Waals surface area contributed by atoms with E-state index in [0.717, 1.165) is 29.9 Å². The first-order valence-corrected chi connectivity index (χ1v) is 7.32. The number of nitrogens with zero attached hydrogens (tertiary/aromatic N) is 4. The van der Waals surface area contributed by atoms with Crippen LogP contribution in [-0.2, 0) is 0 Å². The molecular formula is C15H18N4O. The van der Waals surface area contributed by atoms with Crippen LogP contribution in [-0.4, -0.2) is 31.5 Å². The lowest BCUT2D eigenvalue weighted by atomic mass is 9.81. The van der Waals surface area contributed by atoms with Crippen molar-refractivity contribution < 1.29 is 5.11 Å². The molecule has 2 aromatic rings. The molecular weight excluding hydrogens is 252 g/mol. The molecule has 0 radical (unpaired) electrons. The first-order chi connectivity index (χ1) is 9.85. The van der Waals surface area contributed by atoms with Crippen molar-refractivity contribution in [3.63, 3.8) is 0 Å². The predicted molar refractivity (Wildman–Crippen MR) is 74.1 cm³/mol. The first-order valence-electron chi connectivity index (χ1n) is 7.32. The normalized spacial score (nSPS) is 25.4. The Morgan fingerprint density at radius 2 is 1.95 bits per heavy atom. The first kappa shape index (κ1) is 12.0. The number of aliphatic hydroxyl groups is 1. The van der Waals surface area contributed by atoms with Crippen LogP contribution in [0, 0.1) is 5.92 Å². The average Bonchev–Trinajstić information content (AvgIpc) is 3.19. The van der Waals surface area contributed by atoms with E-state index in [4.69, 9.17) is 10.2 Å². The number of aromatic nitrogens is 4. The lowest BCUT2D eigenvalue weighted by molar-refractivity contribution is 0.105. The molecule has 4 rings (SSSR count). The van der Waals surface area contributed by atoms with Crippen molar-refractivity contribution in [1.29, 1.82) is 0 Å². The van der Waals surface area contributed by atoms with Gasteiger partial charge in [-0.3, -0.25) is 4.68 Å². The van der Waals surface area contributed by atoms with E-state index in [1.54, 1.807) is 12.4 Å². The average molecular weight is 270 g/mol. The molecule has 2 heterocycles. The van der Waals surface area contributed by atoms with Crippen LogP contribution in [0.25, 0.3) is 11.4 Å². The number of aliphatic hydroxyl groups excluding tert-OH is 1. The minimum atomic E-state index is 0.294. The maximum absolute atomic E-state index is 9.14. The van der Waals surface area contributed by atoms with Crippen LogP contribution in [0.15, 0.2) is 24.7 Å². The minimum Gasteiger partial charge on any atom is -0.396 e. The molecule has 0 bridgehead atoms. The van der Waals surface area contributed by atoms with E-state index in [9.17, 15) is 0 Å². The highest BCUT2D eigenvalue weighted by molar-refractivity contribution is 5.58. The molecule has 104 valence electrons. The third-order valence-electron chi connectivity index (χ3n) is 4.37. The summed E-state index contributed by atoms with van der Waals surface area (Å²) in [5.41, 5.74) is 2.24. The molecule has 5 nitrogen and oxygen atoms in total. The van der Waals surface area contributed by atoms with Gasteiger partial charge < -0.3 is 5.11 Å². The minimum absolute atomic E-state index is 0.294. The molecule has 0 aromatic carbocycles. The van der Waals surface area contributed by atoms with E-state index >= 15 is 0 Å². The second kappa shape index (κ2) is 4.66. The van der Waals surface area contributed by atoms with Crippen molar-refractivity contribution >= 4 is 0 Å². The lowest BCUT2D eigenvalue weighted by Crippen LogP contribution is -2.29. The summed E-state index contributed by atoms with van der Waals surface area (Å²) >= 11 is 0. The fraction of sp³-hybridized carbons (Fsp3) is 0.533. The zero-order chi connectivity index (χ0) is 13.5. The molecule has 2 saturated carbocycles. The summed E-state index contributed by atoms with van der Waals surface area (Å²) in [4.78, 5) is 8.73. The topological polar surface area (TPSA) is 63.8 Å². The fourth-order valence-electron chi connectivity index (χ4n) is 2.93. The maximum atomic E-state index is 9.14. The standard InChI is InChI=1S/C15H18N4O/c20-9-10-6-12(7-10)19-8-13(14(18-19)11-2-3-11)15-16-4-1-5-17-15/h1,4-5,8,10-12,20H,2-3,6-7,9H2. The number of rotatable bonds is 4. The Labute approximate surface area is 117 Å². The summed E-state index contributed by atoms with van der Waals surface area (Å²) in [7, 11) is 0. The monoisotopic (exact) mass is 270 g/mol. The van der Waals surface area contributed by atoms with Gasteiger partial charge >= 0.3 is 0 Å². The summed E-state index contributed by atoms with van der Waals surface area (Å²) in [5.74, 6) is 1.81. The van der Waals surface area contributed by atoms with Crippen LogP contribution in [0.5, 0.6) is 0 Å². The Morgan fingerprint density at radius 3 is 2.60 bits per heavy atom. The van der Waals surface area contributed by atoms with Crippen molar-refractivity contribution in [2.45, 2.75) is 37.6 Å². The van der Waals surface area contributed by atoms with E-state index in [0.29, 0.717) is 24.5 Å². The van der Waals surface area contributed by atoms with Crippen molar-refractivity contribution in [3.05, 3.63) is 30.4 Å². The molecule has 2 aliphatic rings. The van der Waals surface area contributed by atoms with Crippen LogP contribution in [0.1, 0.15) is 43.3 Å². The van der Waals surface area contributed by atoms with Crippen LogP contribution in [0.4, 0.5) is 0 Å². The molecule has 20 heavy (non-hydrogen) atoms. The molecule has 2 aromatic heterocycles. The van der Waals surface area contributed by atoms with Crippen molar-refractivity contribution in [3.8, 4) is 11.4 Å². The second-order valence-electron chi connectivity index (χ2n) is 5.93. The van der Waals surface area contributed by atoms with Gasteiger partial charge in [-0.1, -0.05) is 0 Å². The molecule has 0 unspecified atom stereocenters. The van der Waals surface area contributed by atoms with Crippen LogP contribution < -0.4 is 0 Å². The molecule has 0 spiro atoms. The highest BCUT2D eigenvalue weighted by Crippen LogP contribution is 2.45. The summed E-state index contributed by atoms with van der Waals surface area (Å²) < 4.78 is 2.07. The van der Waals surface area contributed by atoms with Crippen LogP contribution in [0.2, 0.25) is 0 Å². The smallest absolute Gasteiger partial charge is 0.162 e. The van der Waals surface area contributed by atoms with Gasteiger partial charge in [0.15, 0.2) is 5.82 Å². The summed E-state index contributed by atoms with van der Waals surface area (Å²) in [6.45, 7) is 0.294. The molecule has 0 atom stereocenters. The summed E-state index contributed by atoms with van der Waals surface area (Å²) in [6.07, 6.45) is 10.2. The fourth-order valence-corrected chi connectivity index (χ4v) is 2.93.